The van der Waals surface area contributed by atoms with E-state index in [1.165, 1.54) is 0 Å². The van der Waals surface area contributed by atoms with E-state index < -0.39 is 0 Å². The number of aromatic nitrogens is 2. The van der Waals surface area contributed by atoms with E-state index in [-0.39, 0.29) is 11.9 Å². The molecule has 4 heteroatoms. The first kappa shape index (κ1) is 11.9. The molecule has 1 aliphatic carbocycles. The first-order valence-electron chi connectivity index (χ1n) is 6.17. The molecule has 1 amide bonds. The lowest BCUT2D eigenvalue weighted by atomic mass is 10.0. The second kappa shape index (κ2) is 5.66. The van der Waals surface area contributed by atoms with Crippen molar-refractivity contribution in [2.45, 2.75) is 38.8 Å². The van der Waals surface area contributed by atoms with Crippen molar-refractivity contribution in [1.29, 1.82) is 0 Å². The summed E-state index contributed by atoms with van der Waals surface area (Å²) in [6.07, 6.45) is 10.8. The van der Waals surface area contributed by atoms with Crippen LogP contribution in [0.2, 0.25) is 0 Å². The van der Waals surface area contributed by atoms with Crippen molar-refractivity contribution in [2.75, 3.05) is 0 Å². The van der Waals surface area contributed by atoms with Crippen LogP contribution in [-0.4, -0.2) is 21.7 Å². The third-order valence-corrected chi connectivity index (χ3v) is 2.99. The van der Waals surface area contributed by atoms with E-state index in [0.717, 1.165) is 19.4 Å². The highest BCUT2D eigenvalue weighted by molar-refractivity contribution is 5.76. The van der Waals surface area contributed by atoms with Gasteiger partial charge in [-0.15, -0.1) is 0 Å². The van der Waals surface area contributed by atoms with E-state index in [4.69, 9.17) is 0 Å². The van der Waals surface area contributed by atoms with Gasteiger partial charge in [-0.1, -0.05) is 12.2 Å². The van der Waals surface area contributed by atoms with Gasteiger partial charge in [-0.3, -0.25) is 9.48 Å². The van der Waals surface area contributed by atoms with Crippen LogP contribution in [0.5, 0.6) is 0 Å². The summed E-state index contributed by atoms with van der Waals surface area (Å²) in [5, 5.41) is 7.13. The molecule has 2 atom stereocenters. The summed E-state index contributed by atoms with van der Waals surface area (Å²) in [5.74, 6) is 0.577. The molecule has 0 aromatic carbocycles. The lowest BCUT2D eigenvalue weighted by Crippen LogP contribution is -2.36. The lowest BCUT2D eigenvalue weighted by Gasteiger charge is -2.15. The van der Waals surface area contributed by atoms with Gasteiger partial charge in [0.2, 0.25) is 5.91 Å². The number of hydrogen-bond donors (Lipinski definition) is 1. The molecule has 0 radical (unpaired) electrons. The number of carbonyl (C=O) groups is 1. The number of allylic oxidation sites excluding steroid dienone is 2. The summed E-state index contributed by atoms with van der Waals surface area (Å²) in [6, 6.07) is 2.01. The van der Waals surface area contributed by atoms with E-state index in [1.807, 2.05) is 23.9 Å². The highest BCUT2D eigenvalue weighted by Crippen LogP contribution is 2.19. The molecule has 0 saturated heterocycles. The summed E-state index contributed by atoms with van der Waals surface area (Å²) < 4.78 is 1.83. The Bertz CT molecular complexity index is 383. The molecule has 0 spiro atoms. The maximum absolute atomic E-state index is 11.8. The van der Waals surface area contributed by atoms with Gasteiger partial charge in [0.1, 0.15) is 0 Å². The molecule has 1 heterocycles. The summed E-state index contributed by atoms with van der Waals surface area (Å²) in [7, 11) is 0. The van der Waals surface area contributed by atoms with Crippen LogP contribution in [0.15, 0.2) is 30.6 Å². The summed E-state index contributed by atoms with van der Waals surface area (Å²) in [4.78, 5) is 11.8. The second-order valence-corrected chi connectivity index (χ2v) is 4.67. The smallest absolute Gasteiger partial charge is 0.220 e. The van der Waals surface area contributed by atoms with Gasteiger partial charge in [0.15, 0.2) is 0 Å². The first-order chi connectivity index (χ1) is 8.24. The molecule has 92 valence electrons. The molecule has 1 N–H and O–H groups in total. The maximum Gasteiger partial charge on any atom is 0.220 e. The van der Waals surface area contributed by atoms with Gasteiger partial charge in [0, 0.05) is 24.9 Å². The third kappa shape index (κ3) is 3.73. The van der Waals surface area contributed by atoms with E-state index in [1.54, 1.807) is 6.20 Å². The molecule has 2 rings (SSSR count). The Balaban J connectivity index is 1.72. The molecule has 17 heavy (non-hydrogen) atoms. The predicted molar refractivity (Wildman–Crippen MR) is 66.3 cm³/mol. The van der Waals surface area contributed by atoms with E-state index in [2.05, 4.69) is 22.6 Å². The van der Waals surface area contributed by atoms with E-state index in [0.29, 0.717) is 12.3 Å². The van der Waals surface area contributed by atoms with Crippen LogP contribution >= 0.6 is 0 Å². The number of amides is 1. The Morgan fingerprint density at radius 2 is 2.53 bits per heavy atom. The monoisotopic (exact) mass is 233 g/mol. The number of rotatable bonds is 5. The Hall–Kier alpha value is -1.58. The van der Waals surface area contributed by atoms with Gasteiger partial charge in [-0.05, 0) is 31.7 Å². The number of nitrogens with one attached hydrogen (secondary N) is 1. The fourth-order valence-corrected chi connectivity index (χ4v) is 2.17. The van der Waals surface area contributed by atoms with Crippen molar-refractivity contribution >= 4 is 5.91 Å². The van der Waals surface area contributed by atoms with Gasteiger partial charge >= 0.3 is 0 Å². The Morgan fingerprint density at radius 3 is 3.18 bits per heavy atom. The molecule has 4 nitrogen and oxygen atoms in total. The largest absolute Gasteiger partial charge is 0.352 e. The standard InChI is InChI=1S/C13H19N3O/c1-11(10-16-8-4-7-14-16)15-13(17)9-12-5-2-3-6-12/h2,4-5,7-8,11-12H,3,6,9-10H2,1H3,(H,15,17). The Morgan fingerprint density at radius 1 is 1.65 bits per heavy atom. The van der Waals surface area contributed by atoms with Crippen molar-refractivity contribution in [1.82, 2.24) is 15.1 Å². The molecular formula is C13H19N3O. The minimum absolute atomic E-state index is 0.118. The average molecular weight is 233 g/mol. The topological polar surface area (TPSA) is 46.9 Å². The van der Waals surface area contributed by atoms with Crippen LogP contribution < -0.4 is 5.32 Å². The Kier molecular flexibility index (Phi) is 3.96. The van der Waals surface area contributed by atoms with Gasteiger partial charge < -0.3 is 5.32 Å². The average Bonchev–Trinajstić information content (AvgIpc) is 2.90. The normalized spacial score (nSPS) is 20.4. The lowest BCUT2D eigenvalue weighted by molar-refractivity contribution is -0.122. The van der Waals surface area contributed by atoms with Crippen molar-refractivity contribution in [3.63, 3.8) is 0 Å². The quantitative estimate of drug-likeness (QED) is 0.787. The molecule has 1 aromatic rings. The second-order valence-electron chi connectivity index (χ2n) is 4.67. The molecular weight excluding hydrogens is 214 g/mol. The minimum atomic E-state index is 0.118. The molecule has 0 bridgehead atoms. The van der Waals surface area contributed by atoms with Gasteiger partial charge in [0.25, 0.3) is 0 Å². The zero-order chi connectivity index (χ0) is 12.1. The number of hydrogen-bond acceptors (Lipinski definition) is 2. The van der Waals surface area contributed by atoms with Crippen molar-refractivity contribution < 1.29 is 4.79 Å². The molecule has 0 saturated carbocycles. The van der Waals surface area contributed by atoms with Crippen LogP contribution in [0, 0.1) is 5.92 Å². The molecule has 2 unspecified atom stereocenters. The fourth-order valence-electron chi connectivity index (χ4n) is 2.17. The minimum Gasteiger partial charge on any atom is -0.352 e. The maximum atomic E-state index is 11.8. The van der Waals surface area contributed by atoms with Crippen molar-refractivity contribution in [3.05, 3.63) is 30.6 Å². The summed E-state index contributed by atoms with van der Waals surface area (Å²) >= 11 is 0. The first-order valence-corrected chi connectivity index (χ1v) is 6.17. The molecule has 1 aromatic heterocycles. The number of carbonyl (C=O) groups excluding carboxylic acids is 1. The van der Waals surface area contributed by atoms with Crippen molar-refractivity contribution in [3.8, 4) is 0 Å². The highest BCUT2D eigenvalue weighted by Gasteiger charge is 2.15. The third-order valence-electron chi connectivity index (χ3n) is 2.99. The highest BCUT2D eigenvalue weighted by atomic mass is 16.1. The van der Waals surface area contributed by atoms with Crippen LogP contribution in [0.3, 0.4) is 0 Å². The fraction of sp³-hybridized carbons (Fsp3) is 0.538. The number of nitrogens with zero attached hydrogens (tertiary/aromatic N) is 2. The van der Waals surface area contributed by atoms with E-state index >= 15 is 0 Å². The predicted octanol–water partition coefficient (Wildman–Crippen LogP) is 1.74. The molecule has 0 aliphatic heterocycles. The zero-order valence-corrected chi connectivity index (χ0v) is 10.2. The van der Waals surface area contributed by atoms with Crippen molar-refractivity contribution in [2.24, 2.45) is 5.92 Å². The van der Waals surface area contributed by atoms with Crippen LogP contribution in [0.1, 0.15) is 26.2 Å². The Labute approximate surface area is 102 Å². The zero-order valence-electron chi connectivity index (χ0n) is 10.2. The molecule has 0 fully saturated rings. The van der Waals surface area contributed by atoms with Crippen LogP contribution in [0.4, 0.5) is 0 Å². The van der Waals surface area contributed by atoms with Crippen LogP contribution in [0.25, 0.3) is 0 Å². The van der Waals surface area contributed by atoms with Crippen LogP contribution in [-0.2, 0) is 11.3 Å². The SMILES string of the molecule is CC(Cn1cccn1)NC(=O)CC1C=CCC1. The van der Waals surface area contributed by atoms with Gasteiger partial charge in [-0.25, -0.2) is 0 Å². The van der Waals surface area contributed by atoms with E-state index in [9.17, 15) is 4.79 Å². The summed E-state index contributed by atoms with van der Waals surface area (Å²) in [5.41, 5.74) is 0. The molecule has 1 aliphatic rings. The van der Waals surface area contributed by atoms with Gasteiger partial charge in [0.05, 0.1) is 6.54 Å². The van der Waals surface area contributed by atoms with Gasteiger partial charge in [-0.2, -0.15) is 5.10 Å². The summed E-state index contributed by atoms with van der Waals surface area (Å²) in [6.45, 7) is 2.73.